The lowest BCUT2D eigenvalue weighted by molar-refractivity contribution is 0.0568. The maximum Gasteiger partial charge on any atom is 0.255 e. The van der Waals surface area contributed by atoms with Crippen LogP contribution >= 0.6 is 0 Å². The van der Waals surface area contributed by atoms with E-state index in [1.54, 1.807) is 0 Å². The van der Waals surface area contributed by atoms with E-state index in [2.05, 4.69) is 72.0 Å². The van der Waals surface area contributed by atoms with Gasteiger partial charge in [0.15, 0.2) is 0 Å². The quantitative estimate of drug-likeness (QED) is 0.381. The fourth-order valence-corrected chi connectivity index (χ4v) is 4.95. The predicted molar refractivity (Wildman–Crippen MR) is 119 cm³/mol. The van der Waals surface area contributed by atoms with E-state index in [1.165, 1.54) is 10.8 Å². The molecule has 4 heteroatoms. The van der Waals surface area contributed by atoms with Crippen LogP contribution in [0.2, 0.25) is 0 Å². The van der Waals surface area contributed by atoms with Crippen molar-refractivity contribution in [3.63, 3.8) is 0 Å². The monoisotopic (exact) mass is 381 g/mol. The van der Waals surface area contributed by atoms with Crippen LogP contribution in [0.5, 0.6) is 0 Å². The third-order valence-corrected chi connectivity index (χ3v) is 6.89. The lowest BCUT2D eigenvalue weighted by Gasteiger charge is -2.34. The molecular formula is C25H23N3O. The van der Waals surface area contributed by atoms with E-state index in [9.17, 15) is 4.79 Å². The number of amides is 1. The minimum atomic E-state index is -0.188. The Bertz CT molecular complexity index is 1470. The van der Waals surface area contributed by atoms with Crippen molar-refractivity contribution in [3.8, 4) is 0 Å². The molecule has 29 heavy (non-hydrogen) atoms. The molecule has 4 nitrogen and oxygen atoms in total. The first kappa shape index (κ1) is 16.7. The third kappa shape index (κ3) is 2.01. The van der Waals surface area contributed by atoms with Crippen molar-refractivity contribution in [3.05, 3.63) is 59.7 Å². The van der Waals surface area contributed by atoms with Crippen LogP contribution in [0.4, 0.5) is 0 Å². The third-order valence-electron chi connectivity index (χ3n) is 6.89. The van der Waals surface area contributed by atoms with Crippen molar-refractivity contribution < 1.29 is 4.79 Å². The zero-order valence-corrected chi connectivity index (χ0v) is 16.9. The van der Waals surface area contributed by atoms with Gasteiger partial charge in [0.25, 0.3) is 5.91 Å². The number of benzene rings is 3. The summed E-state index contributed by atoms with van der Waals surface area (Å²) in [6, 6.07) is 16.7. The molecule has 3 heterocycles. The van der Waals surface area contributed by atoms with Crippen LogP contribution in [0, 0.1) is 0 Å². The van der Waals surface area contributed by atoms with Crippen LogP contribution in [0.3, 0.4) is 0 Å². The van der Waals surface area contributed by atoms with Crippen LogP contribution in [-0.2, 0) is 6.54 Å². The molecule has 144 valence electrons. The molecule has 1 aliphatic rings. The molecule has 6 rings (SSSR count). The minimum Gasteiger partial charge on any atom is -0.353 e. The summed E-state index contributed by atoms with van der Waals surface area (Å²) in [6.07, 6.45) is 0.917. The van der Waals surface area contributed by atoms with Crippen molar-refractivity contribution in [1.82, 2.24) is 14.9 Å². The molecule has 2 aromatic heterocycles. The summed E-state index contributed by atoms with van der Waals surface area (Å²) in [5, 5.41) is 4.53. The Hall–Kier alpha value is -3.27. The fraction of sp³-hybridized carbons (Fsp3) is 0.240. The highest BCUT2D eigenvalue weighted by molar-refractivity contribution is 6.30. The smallest absolute Gasteiger partial charge is 0.255 e. The Morgan fingerprint density at radius 2 is 1.45 bits per heavy atom. The van der Waals surface area contributed by atoms with Gasteiger partial charge in [-0.15, -0.1) is 0 Å². The fourth-order valence-electron chi connectivity index (χ4n) is 4.95. The van der Waals surface area contributed by atoms with E-state index in [1.807, 2.05) is 12.1 Å². The molecule has 0 radical (unpaired) electrons. The second kappa shape index (κ2) is 5.41. The highest BCUT2D eigenvalue weighted by atomic mass is 16.2. The van der Waals surface area contributed by atoms with Gasteiger partial charge in [-0.25, -0.2) is 0 Å². The van der Waals surface area contributed by atoms with E-state index >= 15 is 0 Å². The van der Waals surface area contributed by atoms with Gasteiger partial charge in [-0.05, 0) is 38.0 Å². The number of carbonyl (C=O) groups excluding carboxylic acids is 1. The molecule has 0 aliphatic carbocycles. The molecule has 0 spiro atoms. The maximum absolute atomic E-state index is 13.8. The summed E-state index contributed by atoms with van der Waals surface area (Å²) in [5.41, 5.74) is 6.14. The number of aromatic nitrogens is 2. The Kier molecular flexibility index (Phi) is 3.11. The van der Waals surface area contributed by atoms with Crippen molar-refractivity contribution in [1.29, 1.82) is 0 Å². The summed E-state index contributed by atoms with van der Waals surface area (Å²) in [7, 11) is 0. The van der Waals surface area contributed by atoms with Gasteiger partial charge in [0, 0.05) is 44.7 Å². The number of carbonyl (C=O) groups is 1. The second-order valence-corrected chi connectivity index (χ2v) is 8.75. The van der Waals surface area contributed by atoms with E-state index in [4.69, 9.17) is 0 Å². The molecule has 1 amide bonds. The van der Waals surface area contributed by atoms with Crippen molar-refractivity contribution in [2.75, 3.05) is 0 Å². The zero-order chi connectivity index (χ0) is 19.9. The van der Waals surface area contributed by atoms with Gasteiger partial charge in [0.2, 0.25) is 0 Å². The summed E-state index contributed by atoms with van der Waals surface area (Å²) in [6.45, 7) is 7.13. The molecular weight excluding hydrogens is 358 g/mol. The predicted octanol–water partition coefficient (Wildman–Crippen LogP) is 6.10. The zero-order valence-electron chi connectivity index (χ0n) is 16.9. The summed E-state index contributed by atoms with van der Waals surface area (Å²) in [5.74, 6) is 0.147. The average Bonchev–Trinajstić information content (AvgIpc) is 3.39. The van der Waals surface area contributed by atoms with Crippen molar-refractivity contribution >= 4 is 49.5 Å². The number of H-pyrrole nitrogens is 2. The first-order chi connectivity index (χ1) is 14.0. The van der Waals surface area contributed by atoms with Gasteiger partial charge in [-0.1, -0.05) is 43.3 Å². The molecule has 1 aliphatic heterocycles. The van der Waals surface area contributed by atoms with Gasteiger partial charge >= 0.3 is 0 Å². The van der Waals surface area contributed by atoms with Crippen LogP contribution in [0.15, 0.2) is 48.5 Å². The normalized spacial score (nSPS) is 14.7. The number of nitrogens with zero attached hydrogens (tertiary/aromatic N) is 1. The number of hydrogen-bond acceptors (Lipinski definition) is 1. The van der Waals surface area contributed by atoms with E-state index < -0.39 is 0 Å². The summed E-state index contributed by atoms with van der Waals surface area (Å²) >= 11 is 0. The first-order valence-corrected chi connectivity index (χ1v) is 10.3. The van der Waals surface area contributed by atoms with Crippen LogP contribution < -0.4 is 0 Å². The van der Waals surface area contributed by atoms with E-state index in [-0.39, 0.29) is 11.4 Å². The second-order valence-electron chi connectivity index (χ2n) is 8.75. The number of hydrogen-bond donors (Lipinski definition) is 2. The van der Waals surface area contributed by atoms with Crippen molar-refractivity contribution in [2.45, 2.75) is 39.3 Å². The number of rotatable bonds is 2. The van der Waals surface area contributed by atoms with Crippen LogP contribution in [0.25, 0.3) is 43.6 Å². The molecule has 0 atom stereocenters. The number of fused-ring (bicyclic) bond motifs is 10. The average molecular weight is 381 g/mol. The SMILES string of the molecule is CCC(C)(C)N1Cc2c(c3c4ccccc4[nH]c3c3[nH]c4ccccc4c23)C1=O. The van der Waals surface area contributed by atoms with Crippen LogP contribution in [0.1, 0.15) is 43.1 Å². The summed E-state index contributed by atoms with van der Waals surface area (Å²) in [4.78, 5) is 23.0. The lowest BCUT2D eigenvalue weighted by Crippen LogP contribution is -2.43. The number of para-hydroxylation sites is 2. The lowest BCUT2D eigenvalue weighted by atomic mass is 9.97. The van der Waals surface area contributed by atoms with Gasteiger partial charge in [-0.3, -0.25) is 4.79 Å². The van der Waals surface area contributed by atoms with Gasteiger partial charge in [-0.2, -0.15) is 0 Å². The molecule has 0 saturated heterocycles. The number of aromatic amines is 2. The van der Waals surface area contributed by atoms with Gasteiger partial charge in [0.1, 0.15) is 0 Å². The molecule has 3 aromatic carbocycles. The number of nitrogens with one attached hydrogen (secondary N) is 2. The molecule has 2 N–H and O–H groups in total. The Morgan fingerprint density at radius 3 is 2.07 bits per heavy atom. The maximum atomic E-state index is 13.8. The Balaban J connectivity index is 1.85. The highest BCUT2D eigenvalue weighted by Gasteiger charge is 2.40. The minimum absolute atomic E-state index is 0.147. The van der Waals surface area contributed by atoms with Gasteiger partial charge < -0.3 is 14.9 Å². The first-order valence-electron chi connectivity index (χ1n) is 10.3. The molecule has 5 aromatic rings. The van der Waals surface area contributed by atoms with E-state index in [0.29, 0.717) is 6.54 Å². The molecule has 0 saturated carbocycles. The standard InChI is InChI=1S/C25H23N3O/c1-4-25(2,3)28-13-16-19-14-9-5-7-11-17(14)26-22(19)23-20(21(16)24(28)29)15-10-6-8-12-18(15)27-23/h5-12,26-27H,4,13H2,1-3H3. The van der Waals surface area contributed by atoms with Gasteiger partial charge in [0.05, 0.1) is 16.6 Å². The Morgan fingerprint density at radius 1 is 0.897 bits per heavy atom. The van der Waals surface area contributed by atoms with Crippen LogP contribution in [-0.4, -0.2) is 26.3 Å². The topological polar surface area (TPSA) is 51.9 Å². The molecule has 0 fully saturated rings. The molecule has 0 bridgehead atoms. The van der Waals surface area contributed by atoms with Crippen molar-refractivity contribution in [2.24, 2.45) is 0 Å². The Labute approximate surface area is 168 Å². The molecule has 0 unspecified atom stereocenters. The largest absolute Gasteiger partial charge is 0.353 e. The van der Waals surface area contributed by atoms with E-state index in [0.717, 1.165) is 50.4 Å². The summed E-state index contributed by atoms with van der Waals surface area (Å²) < 4.78 is 0. The highest BCUT2D eigenvalue weighted by Crippen LogP contribution is 2.45.